The Morgan fingerprint density at radius 1 is 1.62 bits per heavy atom. The molecule has 1 fully saturated rings. The molecule has 4 nitrogen and oxygen atoms in total. The Bertz CT molecular complexity index is 167. The van der Waals surface area contributed by atoms with Crippen molar-refractivity contribution in [3.63, 3.8) is 0 Å². The van der Waals surface area contributed by atoms with Crippen molar-refractivity contribution >= 4 is 5.91 Å². The zero-order valence-electron chi connectivity index (χ0n) is 8.08. The first-order chi connectivity index (χ1) is 6.24. The molecule has 0 radical (unpaired) electrons. The van der Waals surface area contributed by atoms with Gasteiger partial charge in [-0.15, -0.1) is 0 Å². The van der Waals surface area contributed by atoms with Crippen molar-refractivity contribution in [1.29, 1.82) is 0 Å². The lowest BCUT2D eigenvalue weighted by Gasteiger charge is -2.26. The fraction of sp³-hybridized carbons (Fsp3) is 0.889. The predicted octanol–water partition coefficient (Wildman–Crippen LogP) is 0.0189. The highest BCUT2D eigenvalue weighted by atomic mass is 16.5. The molecule has 0 aromatic carbocycles. The number of hydrogen-bond acceptors (Lipinski definition) is 3. The van der Waals surface area contributed by atoms with Gasteiger partial charge in [0.15, 0.2) is 0 Å². The van der Waals surface area contributed by atoms with Crippen LogP contribution in [0.4, 0.5) is 0 Å². The molecule has 1 amide bonds. The van der Waals surface area contributed by atoms with E-state index in [0.29, 0.717) is 6.42 Å². The molecule has 1 unspecified atom stereocenters. The normalized spacial score (nSPS) is 21.3. The van der Waals surface area contributed by atoms with Crippen molar-refractivity contribution in [2.45, 2.75) is 38.4 Å². The molecule has 0 aliphatic carbocycles. The van der Waals surface area contributed by atoms with Gasteiger partial charge in [-0.25, -0.2) is 0 Å². The molecule has 4 heteroatoms. The maximum absolute atomic E-state index is 10.9. The molecular weight excluding hydrogens is 168 g/mol. The van der Waals surface area contributed by atoms with Crippen molar-refractivity contribution in [3.05, 3.63) is 0 Å². The van der Waals surface area contributed by atoms with Gasteiger partial charge < -0.3 is 15.8 Å². The van der Waals surface area contributed by atoms with Crippen LogP contribution in [0.15, 0.2) is 0 Å². The molecule has 0 saturated carbocycles. The number of hydrogen-bond donors (Lipinski definition) is 2. The van der Waals surface area contributed by atoms with Crippen LogP contribution in [0.3, 0.4) is 0 Å². The summed E-state index contributed by atoms with van der Waals surface area (Å²) in [5.41, 5.74) is 5.18. The average Bonchev–Trinajstić information content (AvgIpc) is 2.15. The largest absolute Gasteiger partial charge is 0.367 e. The molecule has 0 bridgehead atoms. The van der Waals surface area contributed by atoms with Crippen LogP contribution in [0.5, 0.6) is 0 Å². The van der Waals surface area contributed by atoms with Crippen LogP contribution >= 0.6 is 0 Å². The quantitative estimate of drug-likeness (QED) is 0.650. The maximum Gasteiger partial charge on any atom is 0.246 e. The molecule has 0 spiro atoms. The lowest BCUT2D eigenvalue weighted by Crippen LogP contribution is -2.39. The Morgan fingerprint density at radius 2 is 2.23 bits per heavy atom. The third kappa shape index (κ3) is 3.32. The van der Waals surface area contributed by atoms with E-state index in [1.165, 1.54) is 0 Å². The standard InChI is InChI=1S/C9H18N2O2/c1-2-8(9(10)12)13-7-3-5-11-6-4-7/h7-8,11H,2-6H2,1H3,(H2,10,12). The van der Waals surface area contributed by atoms with Crippen LogP contribution in [-0.4, -0.2) is 31.2 Å². The van der Waals surface area contributed by atoms with E-state index < -0.39 is 6.10 Å². The van der Waals surface area contributed by atoms with Gasteiger partial charge in [0.2, 0.25) is 5.91 Å². The zero-order chi connectivity index (χ0) is 9.68. The summed E-state index contributed by atoms with van der Waals surface area (Å²) in [6.07, 6.45) is 2.43. The van der Waals surface area contributed by atoms with Crippen molar-refractivity contribution in [1.82, 2.24) is 5.32 Å². The number of nitrogens with two attached hydrogens (primary N) is 1. The minimum atomic E-state index is -0.400. The van der Waals surface area contributed by atoms with Crippen LogP contribution < -0.4 is 11.1 Å². The van der Waals surface area contributed by atoms with Gasteiger partial charge in [0.05, 0.1) is 6.10 Å². The summed E-state index contributed by atoms with van der Waals surface area (Å²) in [7, 11) is 0. The van der Waals surface area contributed by atoms with Crippen LogP contribution in [0.25, 0.3) is 0 Å². The molecule has 1 aliphatic heterocycles. The summed E-state index contributed by atoms with van der Waals surface area (Å²) in [5, 5.41) is 3.24. The number of rotatable bonds is 4. The van der Waals surface area contributed by atoms with E-state index in [0.717, 1.165) is 25.9 Å². The van der Waals surface area contributed by atoms with Crippen LogP contribution in [0.2, 0.25) is 0 Å². The number of carbonyl (C=O) groups excluding carboxylic acids is 1. The molecule has 1 atom stereocenters. The van der Waals surface area contributed by atoms with Crippen molar-refractivity contribution in [3.8, 4) is 0 Å². The summed E-state index contributed by atoms with van der Waals surface area (Å²) in [4.78, 5) is 10.9. The summed E-state index contributed by atoms with van der Waals surface area (Å²) in [6.45, 7) is 3.86. The van der Waals surface area contributed by atoms with Gasteiger partial charge in [-0.1, -0.05) is 6.92 Å². The lowest BCUT2D eigenvalue weighted by atomic mass is 10.1. The number of ether oxygens (including phenoxy) is 1. The zero-order valence-corrected chi connectivity index (χ0v) is 8.08. The highest BCUT2D eigenvalue weighted by Crippen LogP contribution is 2.11. The third-order valence-corrected chi connectivity index (χ3v) is 2.33. The molecule has 0 aromatic heterocycles. The number of piperidine rings is 1. The molecule has 76 valence electrons. The first kappa shape index (κ1) is 10.5. The minimum Gasteiger partial charge on any atom is -0.367 e. The Labute approximate surface area is 78.8 Å². The average molecular weight is 186 g/mol. The van der Waals surface area contributed by atoms with Gasteiger partial charge in [-0.05, 0) is 32.4 Å². The van der Waals surface area contributed by atoms with E-state index >= 15 is 0 Å². The number of carbonyl (C=O) groups is 1. The molecule has 1 rings (SSSR count). The van der Waals surface area contributed by atoms with Gasteiger partial charge >= 0.3 is 0 Å². The first-order valence-corrected chi connectivity index (χ1v) is 4.89. The summed E-state index contributed by atoms with van der Waals surface area (Å²) >= 11 is 0. The van der Waals surface area contributed by atoms with Gasteiger partial charge in [-0.3, -0.25) is 4.79 Å². The molecule has 3 N–H and O–H groups in total. The monoisotopic (exact) mass is 186 g/mol. The SMILES string of the molecule is CCC(OC1CCNCC1)C(N)=O. The van der Waals surface area contributed by atoms with Crippen LogP contribution in [0, 0.1) is 0 Å². The Kier molecular flexibility index (Phi) is 4.18. The second-order valence-corrected chi connectivity index (χ2v) is 3.38. The predicted molar refractivity (Wildman–Crippen MR) is 50.3 cm³/mol. The smallest absolute Gasteiger partial charge is 0.246 e. The summed E-state index contributed by atoms with van der Waals surface area (Å²) in [5.74, 6) is -0.346. The second-order valence-electron chi connectivity index (χ2n) is 3.38. The van der Waals surface area contributed by atoms with E-state index in [4.69, 9.17) is 10.5 Å². The molecule has 0 aromatic rings. The summed E-state index contributed by atoms with van der Waals surface area (Å²) in [6, 6.07) is 0. The van der Waals surface area contributed by atoms with Gasteiger partial charge in [0, 0.05) is 0 Å². The van der Waals surface area contributed by atoms with Crippen LogP contribution in [-0.2, 0) is 9.53 Å². The van der Waals surface area contributed by atoms with Crippen molar-refractivity contribution in [2.24, 2.45) is 5.73 Å². The Balaban J connectivity index is 2.31. The van der Waals surface area contributed by atoms with E-state index in [1.807, 2.05) is 6.92 Å². The molecule has 1 saturated heterocycles. The van der Waals surface area contributed by atoms with Crippen LogP contribution in [0.1, 0.15) is 26.2 Å². The molecule has 13 heavy (non-hydrogen) atoms. The highest BCUT2D eigenvalue weighted by molar-refractivity contribution is 5.78. The first-order valence-electron chi connectivity index (χ1n) is 4.89. The maximum atomic E-state index is 10.9. The minimum absolute atomic E-state index is 0.207. The van der Waals surface area contributed by atoms with Gasteiger partial charge in [0.25, 0.3) is 0 Å². The molecule has 1 heterocycles. The fourth-order valence-electron chi connectivity index (χ4n) is 1.53. The van der Waals surface area contributed by atoms with Gasteiger partial charge in [-0.2, -0.15) is 0 Å². The molecular formula is C9H18N2O2. The third-order valence-electron chi connectivity index (χ3n) is 2.33. The number of primary amides is 1. The lowest BCUT2D eigenvalue weighted by molar-refractivity contribution is -0.134. The second kappa shape index (κ2) is 5.19. The highest BCUT2D eigenvalue weighted by Gasteiger charge is 2.20. The number of nitrogens with one attached hydrogen (secondary N) is 1. The van der Waals surface area contributed by atoms with E-state index in [9.17, 15) is 4.79 Å². The Hall–Kier alpha value is -0.610. The topological polar surface area (TPSA) is 64.3 Å². The van der Waals surface area contributed by atoms with Gasteiger partial charge in [0.1, 0.15) is 6.10 Å². The fourth-order valence-corrected chi connectivity index (χ4v) is 1.53. The van der Waals surface area contributed by atoms with Crippen molar-refractivity contribution in [2.75, 3.05) is 13.1 Å². The van der Waals surface area contributed by atoms with E-state index in [2.05, 4.69) is 5.32 Å². The molecule has 1 aliphatic rings. The van der Waals surface area contributed by atoms with Crippen molar-refractivity contribution < 1.29 is 9.53 Å². The number of amides is 1. The Morgan fingerprint density at radius 3 is 2.69 bits per heavy atom. The van der Waals surface area contributed by atoms with E-state index in [1.54, 1.807) is 0 Å². The summed E-state index contributed by atoms with van der Waals surface area (Å²) < 4.78 is 5.59. The van der Waals surface area contributed by atoms with E-state index in [-0.39, 0.29) is 12.0 Å².